The molecule has 2 atom stereocenters. The van der Waals surface area contributed by atoms with E-state index < -0.39 is 0 Å². The fourth-order valence-electron chi connectivity index (χ4n) is 5.13. The highest BCUT2D eigenvalue weighted by atomic mass is 32.2. The number of fused-ring (bicyclic) bond motifs is 6. The van der Waals surface area contributed by atoms with Crippen molar-refractivity contribution in [1.82, 2.24) is 4.98 Å². The van der Waals surface area contributed by atoms with Crippen molar-refractivity contribution in [2.45, 2.75) is 49.2 Å². The molecule has 2 aliphatic rings. The highest BCUT2D eigenvalue weighted by Crippen LogP contribution is 2.60. The minimum atomic E-state index is 0.0677. The summed E-state index contributed by atoms with van der Waals surface area (Å²) in [5.41, 5.74) is 8.20. The van der Waals surface area contributed by atoms with Crippen LogP contribution in [0.3, 0.4) is 0 Å². The van der Waals surface area contributed by atoms with Crippen molar-refractivity contribution >= 4 is 39.9 Å². The average molecular weight is 440 g/mol. The van der Waals surface area contributed by atoms with Crippen molar-refractivity contribution in [1.29, 1.82) is 0 Å². The van der Waals surface area contributed by atoms with Gasteiger partial charge in [0.05, 0.1) is 5.69 Å². The molecule has 4 aromatic rings. The second-order valence-corrected chi connectivity index (χ2v) is 11.8. The third-order valence-corrected chi connectivity index (χ3v) is 9.07. The normalized spacial score (nSPS) is 19.4. The van der Waals surface area contributed by atoms with Gasteiger partial charge >= 0.3 is 0 Å². The van der Waals surface area contributed by atoms with Crippen LogP contribution in [0.25, 0.3) is 28.1 Å². The number of thioether (sulfide) groups is 1. The number of allylic oxidation sites excluding steroid dienone is 1. The largest absolute Gasteiger partial charge is 0.256 e. The predicted molar refractivity (Wildman–Crippen MR) is 135 cm³/mol. The summed E-state index contributed by atoms with van der Waals surface area (Å²) >= 11 is 3.89. The van der Waals surface area contributed by atoms with Crippen LogP contribution in [0.15, 0.2) is 65.0 Å². The van der Waals surface area contributed by atoms with Crippen LogP contribution in [0.1, 0.15) is 59.1 Å². The molecule has 0 amide bonds. The molecule has 154 valence electrons. The lowest BCUT2D eigenvalue weighted by Crippen LogP contribution is -2.12. The maximum Gasteiger partial charge on any atom is 0.0751 e. The third kappa shape index (κ3) is 2.94. The molecule has 1 nitrogen and oxygen atoms in total. The second-order valence-electron chi connectivity index (χ2n) is 9.69. The Balaban J connectivity index is 1.57. The maximum atomic E-state index is 4.96. The summed E-state index contributed by atoms with van der Waals surface area (Å²) < 4.78 is 0. The summed E-state index contributed by atoms with van der Waals surface area (Å²) in [6.45, 7) is 9.17. The molecule has 0 fully saturated rings. The van der Waals surface area contributed by atoms with Crippen molar-refractivity contribution in [3.63, 3.8) is 0 Å². The highest BCUT2D eigenvalue weighted by molar-refractivity contribution is 8.00. The van der Waals surface area contributed by atoms with Crippen LogP contribution in [0.4, 0.5) is 0 Å². The van der Waals surface area contributed by atoms with Crippen LogP contribution in [0.5, 0.6) is 0 Å². The summed E-state index contributed by atoms with van der Waals surface area (Å²) in [6, 6.07) is 15.7. The second kappa shape index (κ2) is 6.82. The number of nitrogens with zero attached hydrogens (tertiary/aromatic N) is 1. The van der Waals surface area contributed by atoms with E-state index in [1.165, 1.54) is 48.4 Å². The van der Waals surface area contributed by atoms with E-state index in [2.05, 4.69) is 87.7 Å². The number of thiophene rings is 1. The van der Waals surface area contributed by atoms with Crippen LogP contribution >= 0.6 is 23.1 Å². The lowest BCUT2D eigenvalue weighted by Gasteiger charge is -2.24. The Kier molecular flexibility index (Phi) is 4.25. The Labute approximate surface area is 192 Å². The van der Waals surface area contributed by atoms with Gasteiger partial charge in [0.25, 0.3) is 0 Å². The molecule has 3 heteroatoms. The van der Waals surface area contributed by atoms with E-state index in [-0.39, 0.29) is 5.41 Å². The predicted octanol–water partition coefficient (Wildman–Crippen LogP) is 8.53. The minimum absolute atomic E-state index is 0.0677. The number of benzene rings is 2. The highest BCUT2D eigenvalue weighted by Gasteiger charge is 2.39. The lowest BCUT2D eigenvalue weighted by atomic mass is 9.80. The summed E-state index contributed by atoms with van der Waals surface area (Å²) in [7, 11) is 0. The molecule has 2 aromatic heterocycles. The van der Waals surface area contributed by atoms with Gasteiger partial charge in [-0.2, -0.15) is 0 Å². The molecule has 0 bridgehead atoms. The lowest BCUT2D eigenvalue weighted by molar-refractivity contribution is 0.596. The smallest absolute Gasteiger partial charge is 0.0751 e. The van der Waals surface area contributed by atoms with Gasteiger partial charge in [0.1, 0.15) is 0 Å². The number of pyridine rings is 1. The van der Waals surface area contributed by atoms with Crippen molar-refractivity contribution in [3.05, 3.63) is 87.2 Å². The summed E-state index contributed by atoms with van der Waals surface area (Å²) in [5.74, 6) is 0.383. The van der Waals surface area contributed by atoms with Gasteiger partial charge in [0.15, 0.2) is 0 Å². The standard InChI is InChI=1S/C28H25NS2/c1-16-15-30-22-10-9-20-25-23(31-27(20)24(16)22)11-12-29-26(25)18-13-17-7-5-6-8-19(17)21(14-18)28(2,3)4/h5-15,20,27H,1-4H3. The van der Waals surface area contributed by atoms with Crippen molar-refractivity contribution < 1.29 is 0 Å². The quantitative estimate of drug-likeness (QED) is 0.295. The molecular weight excluding hydrogens is 414 g/mol. The first-order chi connectivity index (χ1) is 14.9. The molecule has 3 heterocycles. The first kappa shape index (κ1) is 19.3. The SMILES string of the molecule is Cc1csc2c1C1Sc3ccnc(-c4cc(C(C)(C)C)c5ccccc5c4)c3C1C=C2. The molecule has 0 saturated heterocycles. The van der Waals surface area contributed by atoms with Crippen LogP contribution in [0.2, 0.25) is 0 Å². The van der Waals surface area contributed by atoms with Crippen molar-refractivity contribution in [2.24, 2.45) is 0 Å². The van der Waals surface area contributed by atoms with Crippen LogP contribution in [0, 0.1) is 6.92 Å². The fourth-order valence-corrected chi connectivity index (χ4v) is 7.79. The molecule has 2 unspecified atom stereocenters. The van der Waals surface area contributed by atoms with Crippen LogP contribution in [-0.2, 0) is 5.41 Å². The van der Waals surface area contributed by atoms with E-state index in [0.717, 1.165) is 5.69 Å². The zero-order chi connectivity index (χ0) is 21.3. The van der Waals surface area contributed by atoms with E-state index in [1.807, 2.05) is 29.3 Å². The van der Waals surface area contributed by atoms with Gasteiger partial charge in [0.2, 0.25) is 0 Å². The maximum absolute atomic E-state index is 4.96. The summed E-state index contributed by atoms with van der Waals surface area (Å²) in [5, 5.41) is 5.40. The van der Waals surface area contributed by atoms with Gasteiger partial charge < -0.3 is 0 Å². The topological polar surface area (TPSA) is 12.9 Å². The minimum Gasteiger partial charge on any atom is -0.256 e. The van der Waals surface area contributed by atoms with Crippen molar-refractivity contribution in [2.75, 3.05) is 0 Å². The van der Waals surface area contributed by atoms with E-state index in [0.29, 0.717) is 11.2 Å². The number of hydrogen-bond donors (Lipinski definition) is 0. The van der Waals surface area contributed by atoms with E-state index in [9.17, 15) is 0 Å². The first-order valence-electron chi connectivity index (χ1n) is 10.9. The average Bonchev–Trinajstić information content (AvgIpc) is 3.32. The number of aryl methyl sites for hydroxylation is 1. The van der Waals surface area contributed by atoms with E-state index in [4.69, 9.17) is 4.98 Å². The molecule has 6 rings (SSSR count). The molecule has 1 aliphatic heterocycles. The Morgan fingerprint density at radius 1 is 1.00 bits per heavy atom. The monoisotopic (exact) mass is 439 g/mol. The number of aromatic nitrogens is 1. The molecule has 31 heavy (non-hydrogen) atoms. The van der Waals surface area contributed by atoms with E-state index >= 15 is 0 Å². The van der Waals surface area contributed by atoms with Crippen molar-refractivity contribution in [3.8, 4) is 11.3 Å². The van der Waals surface area contributed by atoms with Gasteiger partial charge in [-0.15, -0.1) is 23.1 Å². The van der Waals surface area contributed by atoms with Gasteiger partial charge in [-0.1, -0.05) is 51.1 Å². The first-order valence-corrected chi connectivity index (χ1v) is 12.6. The molecule has 0 spiro atoms. The summed E-state index contributed by atoms with van der Waals surface area (Å²) in [6.07, 6.45) is 6.75. The third-order valence-electron chi connectivity index (χ3n) is 6.60. The van der Waals surface area contributed by atoms with E-state index in [1.54, 1.807) is 0 Å². The fraction of sp³-hybridized carbons (Fsp3) is 0.250. The van der Waals surface area contributed by atoms with Crippen LogP contribution < -0.4 is 0 Å². The van der Waals surface area contributed by atoms with Gasteiger partial charge in [-0.3, -0.25) is 4.98 Å². The number of rotatable bonds is 1. The van der Waals surface area contributed by atoms with Gasteiger partial charge in [0, 0.05) is 38.3 Å². The Bertz CT molecular complexity index is 1370. The molecule has 2 aromatic carbocycles. The molecule has 1 aliphatic carbocycles. The zero-order valence-electron chi connectivity index (χ0n) is 18.3. The van der Waals surface area contributed by atoms with Crippen LogP contribution in [-0.4, -0.2) is 4.98 Å². The zero-order valence-corrected chi connectivity index (χ0v) is 19.9. The Morgan fingerprint density at radius 3 is 2.68 bits per heavy atom. The molecule has 0 N–H and O–H groups in total. The summed E-state index contributed by atoms with van der Waals surface area (Å²) in [4.78, 5) is 7.77. The number of hydrogen-bond acceptors (Lipinski definition) is 3. The Hall–Kier alpha value is -2.36. The van der Waals surface area contributed by atoms with Gasteiger partial charge in [-0.05, 0) is 69.5 Å². The Morgan fingerprint density at radius 2 is 1.84 bits per heavy atom. The molecule has 0 saturated carbocycles. The molecule has 0 radical (unpaired) electrons. The molecular formula is C28H25NS2. The van der Waals surface area contributed by atoms with Gasteiger partial charge in [-0.25, -0.2) is 0 Å².